The van der Waals surface area contributed by atoms with Crippen molar-refractivity contribution < 1.29 is 4.52 Å². The first-order valence-electron chi connectivity index (χ1n) is 5.54. The molecule has 1 aliphatic rings. The highest BCUT2D eigenvalue weighted by Gasteiger charge is 2.21. The molecule has 0 radical (unpaired) electrons. The number of nitrogens with zero attached hydrogens (tertiary/aromatic N) is 2. The smallest absolute Gasteiger partial charge is 0.244 e. The lowest BCUT2D eigenvalue weighted by Crippen LogP contribution is -2.26. The maximum Gasteiger partial charge on any atom is 0.244 e. The molecule has 5 heteroatoms. The summed E-state index contributed by atoms with van der Waals surface area (Å²) in [4.78, 5) is 5.51. The molecule has 16 heavy (non-hydrogen) atoms. The Morgan fingerprint density at radius 1 is 1.44 bits per heavy atom. The van der Waals surface area contributed by atoms with Crippen molar-refractivity contribution in [1.29, 1.82) is 0 Å². The second kappa shape index (κ2) is 4.35. The maximum atomic E-state index is 5.31. The van der Waals surface area contributed by atoms with E-state index in [1.54, 1.807) is 11.3 Å². The quantitative estimate of drug-likeness (QED) is 0.869. The predicted octanol–water partition coefficient (Wildman–Crippen LogP) is 2.61. The van der Waals surface area contributed by atoms with Gasteiger partial charge in [0.2, 0.25) is 11.7 Å². The van der Waals surface area contributed by atoms with Crippen molar-refractivity contribution >= 4 is 11.3 Å². The van der Waals surface area contributed by atoms with E-state index in [0.717, 1.165) is 23.7 Å². The summed E-state index contributed by atoms with van der Waals surface area (Å²) in [5.74, 6) is 1.43. The fourth-order valence-corrected chi connectivity index (χ4v) is 2.59. The van der Waals surface area contributed by atoms with Crippen LogP contribution >= 0.6 is 11.3 Å². The number of hydrogen-bond donors (Lipinski definition) is 1. The van der Waals surface area contributed by atoms with Crippen LogP contribution in [0.25, 0.3) is 10.7 Å². The fourth-order valence-electron chi connectivity index (χ4n) is 1.95. The van der Waals surface area contributed by atoms with E-state index < -0.39 is 0 Å². The third kappa shape index (κ3) is 1.88. The third-order valence-corrected chi connectivity index (χ3v) is 3.66. The summed E-state index contributed by atoms with van der Waals surface area (Å²) in [6.07, 6.45) is 3.56. The summed E-state index contributed by atoms with van der Waals surface area (Å²) >= 11 is 1.63. The van der Waals surface area contributed by atoms with Gasteiger partial charge in [-0.05, 0) is 30.8 Å². The Balaban J connectivity index is 1.82. The van der Waals surface area contributed by atoms with E-state index in [9.17, 15) is 0 Å². The van der Waals surface area contributed by atoms with Gasteiger partial charge in [0.05, 0.1) is 10.9 Å². The van der Waals surface area contributed by atoms with Crippen molar-refractivity contribution in [3.63, 3.8) is 0 Å². The van der Waals surface area contributed by atoms with Crippen molar-refractivity contribution in [2.24, 2.45) is 0 Å². The van der Waals surface area contributed by atoms with E-state index in [2.05, 4.69) is 15.5 Å². The zero-order valence-corrected chi connectivity index (χ0v) is 9.67. The molecule has 0 bridgehead atoms. The SMILES string of the molecule is c1csc(-c2noc([C@H]3CCCCN3)n2)c1. The number of rotatable bonds is 2. The van der Waals surface area contributed by atoms with Crippen molar-refractivity contribution in [2.45, 2.75) is 25.3 Å². The molecule has 0 aliphatic carbocycles. The highest BCUT2D eigenvalue weighted by atomic mass is 32.1. The standard InChI is InChI=1S/C11H13N3OS/c1-2-6-12-8(4-1)11-13-10(14-15-11)9-5-3-7-16-9/h3,5,7-8,12H,1-2,4,6H2/t8-/m1/s1. The summed E-state index contributed by atoms with van der Waals surface area (Å²) < 4.78 is 5.31. The van der Waals surface area contributed by atoms with Gasteiger partial charge in [-0.1, -0.05) is 17.6 Å². The zero-order chi connectivity index (χ0) is 10.8. The molecule has 1 N–H and O–H groups in total. The normalized spacial score (nSPS) is 21.1. The van der Waals surface area contributed by atoms with E-state index in [4.69, 9.17) is 4.52 Å². The van der Waals surface area contributed by atoms with Crippen molar-refractivity contribution in [3.8, 4) is 10.7 Å². The molecular formula is C11H13N3OS. The molecule has 0 aromatic carbocycles. The molecule has 3 heterocycles. The monoisotopic (exact) mass is 235 g/mol. The average molecular weight is 235 g/mol. The van der Waals surface area contributed by atoms with Crippen LogP contribution in [0.1, 0.15) is 31.2 Å². The Morgan fingerprint density at radius 2 is 2.44 bits per heavy atom. The zero-order valence-electron chi connectivity index (χ0n) is 8.85. The minimum atomic E-state index is 0.245. The van der Waals surface area contributed by atoms with E-state index in [0.29, 0.717) is 5.82 Å². The molecule has 1 aliphatic heterocycles. The van der Waals surface area contributed by atoms with Crippen LogP contribution in [0.2, 0.25) is 0 Å². The molecule has 2 aromatic heterocycles. The van der Waals surface area contributed by atoms with Gasteiger partial charge in [0, 0.05) is 0 Å². The topological polar surface area (TPSA) is 51.0 Å². The second-order valence-electron chi connectivity index (χ2n) is 3.94. The van der Waals surface area contributed by atoms with Gasteiger partial charge in [-0.25, -0.2) is 0 Å². The lowest BCUT2D eigenvalue weighted by Gasteiger charge is -2.19. The van der Waals surface area contributed by atoms with Crippen LogP contribution < -0.4 is 5.32 Å². The van der Waals surface area contributed by atoms with E-state index in [1.807, 2.05) is 17.5 Å². The Kier molecular flexibility index (Phi) is 2.71. The molecule has 0 unspecified atom stereocenters. The molecule has 1 saturated heterocycles. The number of aromatic nitrogens is 2. The first kappa shape index (κ1) is 9.99. The largest absolute Gasteiger partial charge is 0.337 e. The number of thiophene rings is 1. The summed E-state index contributed by atoms with van der Waals surface area (Å²) in [5, 5.41) is 9.44. The van der Waals surface area contributed by atoms with E-state index in [1.165, 1.54) is 12.8 Å². The molecule has 2 aromatic rings. The van der Waals surface area contributed by atoms with Crippen LogP contribution in [-0.4, -0.2) is 16.7 Å². The minimum absolute atomic E-state index is 0.245. The highest BCUT2D eigenvalue weighted by Crippen LogP contribution is 2.26. The van der Waals surface area contributed by atoms with Crippen molar-refractivity contribution in [3.05, 3.63) is 23.4 Å². The van der Waals surface area contributed by atoms with Crippen LogP contribution in [0.5, 0.6) is 0 Å². The van der Waals surface area contributed by atoms with Gasteiger partial charge in [-0.3, -0.25) is 0 Å². The first-order chi connectivity index (χ1) is 7.93. The molecular weight excluding hydrogens is 222 g/mol. The second-order valence-corrected chi connectivity index (χ2v) is 4.88. The molecule has 1 fully saturated rings. The number of piperidine rings is 1. The van der Waals surface area contributed by atoms with Crippen LogP contribution in [-0.2, 0) is 0 Å². The van der Waals surface area contributed by atoms with Crippen LogP contribution in [0, 0.1) is 0 Å². The molecule has 0 spiro atoms. The third-order valence-electron chi connectivity index (χ3n) is 2.79. The average Bonchev–Trinajstić information content (AvgIpc) is 3.01. The van der Waals surface area contributed by atoms with E-state index >= 15 is 0 Å². The lowest BCUT2D eigenvalue weighted by atomic mass is 10.1. The highest BCUT2D eigenvalue weighted by molar-refractivity contribution is 7.13. The van der Waals surface area contributed by atoms with Gasteiger partial charge in [0.15, 0.2) is 0 Å². The molecule has 0 saturated carbocycles. The Labute approximate surface area is 97.7 Å². The lowest BCUT2D eigenvalue weighted by molar-refractivity contribution is 0.297. The molecule has 1 atom stereocenters. The minimum Gasteiger partial charge on any atom is -0.337 e. The Morgan fingerprint density at radius 3 is 3.19 bits per heavy atom. The first-order valence-corrected chi connectivity index (χ1v) is 6.42. The summed E-state index contributed by atoms with van der Waals surface area (Å²) in [6, 6.07) is 4.25. The predicted molar refractivity (Wildman–Crippen MR) is 62.2 cm³/mol. The Bertz CT molecular complexity index is 446. The summed E-state index contributed by atoms with van der Waals surface area (Å²) in [7, 11) is 0. The molecule has 4 nitrogen and oxygen atoms in total. The van der Waals surface area contributed by atoms with Gasteiger partial charge in [-0.15, -0.1) is 11.3 Å². The van der Waals surface area contributed by atoms with Crippen molar-refractivity contribution in [1.82, 2.24) is 15.5 Å². The van der Waals surface area contributed by atoms with Gasteiger partial charge < -0.3 is 9.84 Å². The van der Waals surface area contributed by atoms with Crippen LogP contribution in [0.4, 0.5) is 0 Å². The summed E-state index contributed by atoms with van der Waals surface area (Å²) in [6.45, 7) is 1.04. The fraction of sp³-hybridized carbons (Fsp3) is 0.455. The Hall–Kier alpha value is -1.20. The maximum absolute atomic E-state index is 5.31. The van der Waals surface area contributed by atoms with Gasteiger partial charge >= 0.3 is 0 Å². The van der Waals surface area contributed by atoms with Crippen molar-refractivity contribution in [2.75, 3.05) is 6.54 Å². The number of nitrogens with one attached hydrogen (secondary N) is 1. The summed E-state index contributed by atoms with van der Waals surface area (Å²) in [5.41, 5.74) is 0. The number of hydrogen-bond acceptors (Lipinski definition) is 5. The molecule has 3 rings (SSSR count). The van der Waals surface area contributed by atoms with Crippen LogP contribution in [0.15, 0.2) is 22.0 Å². The van der Waals surface area contributed by atoms with Gasteiger partial charge in [-0.2, -0.15) is 4.98 Å². The molecule has 84 valence electrons. The molecule has 0 amide bonds. The van der Waals surface area contributed by atoms with Gasteiger partial charge in [0.1, 0.15) is 0 Å². The van der Waals surface area contributed by atoms with Crippen LogP contribution in [0.3, 0.4) is 0 Å². The van der Waals surface area contributed by atoms with Gasteiger partial charge in [0.25, 0.3) is 0 Å². The van der Waals surface area contributed by atoms with E-state index in [-0.39, 0.29) is 6.04 Å².